The molecular formula is C31H32ClFN6O. The minimum Gasteiger partial charge on any atom is -0.461 e. The molecule has 4 fully saturated rings. The zero-order valence-electron chi connectivity index (χ0n) is 22.4. The molecule has 0 spiro atoms. The monoisotopic (exact) mass is 558 g/mol. The minimum atomic E-state index is -0.474. The van der Waals surface area contributed by atoms with Crippen molar-refractivity contribution < 1.29 is 9.13 Å². The van der Waals surface area contributed by atoms with E-state index >= 15 is 4.39 Å². The number of rotatable bonds is 5. The van der Waals surface area contributed by atoms with Crippen LogP contribution in [0.4, 0.5) is 10.2 Å². The van der Waals surface area contributed by atoms with E-state index in [9.17, 15) is 0 Å². The molecule has 0 saturated carbocycles. The van der Waals surface area contributed by atoms with Crippen LogP contribution in [0.2, 0.25) is 5.02 Å². The predicted octanol–water partition coefficient (Wildman–Crippen LogP) is 5.59. The van der Waals surface area contributed by atoms with E-state index in [-0.39, 0.29) is 22.8 Å². The Morgan fingerprint density at radius 1 is 1.02 bits per heavy atom. The Bertz CT molecular complexity index is 1600. The Morgan fingerprint density at radius 3 is 2.55 bits per heavy atom. The van der Waals surface area contributed by atoms with Gasteiger partial charge in [-0.2, -0.15) is 9.97 Å². The Balaban J connectivity index is 1.25. The van der Waals surface area contributed by atoms with Crippen LogP contribution in [-0.2, 0) is 0 Å². The SMILES string of the molecule is Fc1c(-c2cccc3cccc(Cl)c23)ncc2c(N3CC4CC[C@@H](C3)N4)nc(OCC34CCCN3CCC4)nc12. The van der Waals surface area contributed by atoms with E-state index in [4.69, 9.17) is 26.3 Å². The number of halogens is 2. The van der Waals surface area contributed by atoms with Gasteiger partial charge in [0.05, 0.1) is 10.9 Å². The van der Waals surface area contributed by atoms with E-state index in [0.29, 0.717) is 40.5 Å². The summed E-state index contributed by atoms with van der Waals surface area (Å²) in [5.74, 6) is 0.234. The summed E-state index contributed by atoms with van der Waals surface area (Å²) in [6.45, 7) is 4.41. The van der Waals surface area contributed by atoms with Gasteiger partial charge in [-0.25, -0.2) is 4.39 Å². The summed E-state index contributed by atoms with van der Waals surface area (Å²) >= 11 is 6.60. The molecule has 4 aliphatic heterocycles. The summed E-state index contributed by atoms with van der Waals surface area (Å²) in [4.78, 5) is 19.1. The standard InChI is InChI=1S/C31H32ClFN6O/c32-24-8-2-6-19-5-1-7-22(25(19)24)27-26(33)28-23(15-34-27)29(38-16-20-9-10-21(17-38)35-20)37-30(36-28)40-18-31-11-3-13-39(31)14-4-12-31/h1-2,5-8,15,20-21,35H,3-4,9-14,16-18H2/t20-,21?/m0/s1. The van der Waals surface area contributed by atoms with Crippen molar-refractivity contribution in [1.29, 1.82) is 0 Å². The molecule has 9 heteroatoms. The molecule has 2 aromatic carbocycles. The predicted molar refractivity (Wildman–Crippen MR) is 156 cm³/mol. The van der Waals surface area contributed by atoms with Crippen LogP contribution in [0.25, 0.3) is 32.9 Å². The van der Waals surface area contributed by atoms with Gasteiger partial charge >= 0.3 is 6.01 Å². The Kier molecular flexibility index (Phi) is 5.87. The lowest BCUT2D eigenvalue weighted by atomic mass is 9.95. The number of aromatic nitrogens is 3. The number of ether oxygens (including phenoxy) is 1. The Labute approximate surface area is 237 Å². The third-order valence-corrected chi connectivity index (χ3v) is 9.86. The number of benzene rings is 2. The van der Waals surface area contributed by atoms with Gasteiger partial charge in [0.1, 0.15) is 23.6 Å². The fourth-order valence-corrected chi connectivity index (χ4v) is 7.92. The first-order valence-corrected chi connectivity index (χ1v) is 14.9. The van der Waals surface area contributed by atoms with Crippen molar-refractivity contribution in [3.05, 3.63) is 53.4 Å². The van der Waals surface area contributed by atoms with Gasteiger partial charge in [-0.15, -0.1) is 0 Å². The first kappa shape index (κ1) is 24.7. The van der Waals surface area contributed by atoms with Crippen LogP contribution < -0.4 is 15.0 Å². The van der Waals surface area contributed by atoms with Crippen molar-refractivity contribution in [1.82, 2.24) is 25.2 Å². The molecule has 7 nitrogen and oxygen atoms in total. The molecule has 2 aromatic heterocycles. The van der Waals surface area contributed by atoms with Crippen LogP contribution in [0, 0.1) is 5.82 Å². The van der Waals surface area contributed by atoms with Gasteiger partial charge in [0, 0.05) is 47.3 Å². The second-order valence-corrected chi connectivity index (χ2v) is 12.3. The Hall–Kier alpha value is -3.07. The smallest absolute Gasteiger partial charge is 0.319 e. The average Bonchev–Trinajstić information content (AvgIpc) is 3.65. The van der Waals surface area contributed by atoms with Gasteiger partial charge in [0.15, 0.2) is 5.82 Å². The lowest BCUT2D eigenvalue weighted by Crippen LogP contribution is -2.51. The van der Waals surface area contributed by atoms with Crippen molar-refractivity contribution in [2.75, 3.05) is 37.7 Å². The van der Waals surface area contributed by atoms with Crippen molar-refractivity contribution in [3.8, 4) is 17.3 Å². The molecule has 6 heterocycles. The van der Waals surface area contributed by atoms with Crippen LogP contribution in [0.1, 0.15) is 38.5 Å². The van der Waals surface area contributed by atoms with Gasteiger partial charge in [-0.3, -0.25) is 9.88 Å². The Morgan fingerprint density at radius 2 is 1.77 bits per heavy atom. The van der Waals surface area contributed by atoms with E-state index in [1.165, 1.54) is 12.8 Å². The number of hydrogen-bond donors (Lipinski definition) is 1. The molecule has 8 rings (SSSR count). The third-order valence-electron chi connectivity index (χ3n) is 9.55. The number of anilines is 1. The molecule has 0 radical (unpaired) electrons. The van der Waals surface area contributed by atoms with Gasteiger partial charge in [-0.05, 0) is 63.1 Å². The zero-order valence-corrected chi connectivity index (χ0v) is 23.1. The molecule has 0 amide bonds. The molecule has 1 N–H and O–H groups in total. The first-order chi connectivity index (χ1) is 19.6. The largest absolute Gasteiger partial charge is 0.461 e. The van der Waals surface area contributed by atoms with Gasteiger partial charge in [0.25, 0.3) is 0 Å². The van der Waals surface area contributed by atoms with Crippen LogP contribution in [-0.4, -0.2) is 70.3 Å². The fraction of sp³-hybridized carbons (Fsp3) is 0.452. The molecular weight excluding hydrogens is 527 g/mol. The summed E-state index contributed by atoms with van der Waals surface area (Å²) in [5, 5.41) is 6.58. The summed E-state index contributed by atoms with van der Waals surface area (Å²) < 4.78 is 23.0. The van der Waals surface area contributed by atoms with E-state index < -0.39 is 5.82 Å². The van der Waals surface area contributed by atoms with Crippen LogP contribution in [0.15, 0.2) is 42.6 Å². The molecule has 1 unspecified atom stereocenters. The lowest BCUT2D eigenvalue weighted by Gasteiger charge is -2.34. The molecule has 206 valence electrons. The highest BCUT2D eigenvalue weighted by Crippen LogP contribution is 2.40. The number of hydrogen-bond acceptors (Lipinski definition) is 7. The number of pyridine rings is 1. The number of nitrogens with one attached hydrogen (secondary N) is 1. The van der Waals surface area contributed by atoms with Crippen LogP contribution >= 0.6 is 11.6 Å². The maximum Gasteiger partial charge on any atom is 0.319 e. The lowest BCUT2D eigenvalue weighted by molar-refractivity contribution is 0.108. The van der Waals surface area contributed by atoms with Crippen molar-refractivity contribution in [2.45, 2.75) is 56.1 Å². The summed E-state index contributed by atoms with van der Waals surface area (Å²) in [6, 6.07) is 12.5. The molecule has 0 aliphatic carbocycles. The molecule has 2 bridgehead atoms. The maximum atomic E-state index is 16.6. The molecule has 4 aromatic rings. The zero-order chi connectivity index (χ0) is 26.8. The van der Waals surface area contributed by atoms with Crippen molar-refractivity contribution >= 4 is 39.1 Å². The maximum absolute atomic E-state index is 16.6. The highest BCUT2D eigenvalue weighted by molar-refractivity contribution is 6.36. The van der Waals surface area contributed by atoms with Gasteiger partial charge < -0.3 is 15.0 Å². The summed E-state index contributed by atoms with van der Waals surface area (Å²) in [6.07, 6.45) is 8.63. The molecule has 40 heavy (non-hydrogen) atoms. The number of piperazine rings is 1. The molecule has 4 aliphatic rings. The number of nitrogens with zero attached hydrogens (tertiary/aromatic N) is 5. The van der Waals surface area contributed by atoms with E-state index in [1.807, 2.05) is 36.4 Å². The molecule has 4 saturated heterocycles. The highest BCUT2D eigenvalue weighted by Gasteiger charge is 2.45. The third kappa shape index (κ3) is 3.95. The number of fused-ring (bicyclic) bond motifs is 5. The average molecular weight is 559 g/mol. The fourth-order valence-electron chi connectivity index (χ4n) is 7.64. The van der Waals surface area contributed by atoms with Crippen LogP contribution in [0.5, 0.6) is 6.01 Å². The quantitative estimate of drug-likeness (QED) is 0.343. The second-order valence-electron chi connectivity index (χ2n) is 11.9. The van der Waals surface area contributed by atoms with Gasteiger partial charge in [-0.1, -0.05) is 41.9 Å². The van der Waals surface area contributed by atoms with E-state index in [1.54, 1.807) is 6.20 Å². The van der Waals surface area contributed by atoms with Gasteiger partial charge in [0.2, 0.25) is 0 Å². The van der Waals surface area contributed by atoms with Crippen LogP contribution in [0.3, 0.4) is 0 Å². The summed E-state index contributed by atoms with van der Waals surface area (Å²) in [5.41, 5.74) is 1.18. The summed E-state index contributed by atoms with van der Waals surface area (Å²) in [7, 11) is 0. The highest BCUT2D eigenvalue weighted by atomic mass is 35.5. The van der Waals surface area contributed by atoms with E-state index in [2.05, 4.69) is 20.1 Å². The topological polar surface area (TPSA) is 66.4 Å². The van der Waals surface area contributed by atoms with E-state index in [0.717, 1.165) is 62.6 Å². The van der Waals surface area contributed by atoms with Crippen molar-refractivity contribution in [3.63, 3.8) is 0 Å². The van der Waals surface area contributed by atoms with Crippen molar-refractivity contribution in [2.24, 2.45) is 0 Å². The first-order valence-electron chi connectivity index (χ1n) is 14.5. The normalized spacial score (nSPS) is 23.8. The molecule has 2 atom stereocenters. The second kappa shape index (κ2) is 9.50. The minimum absolute atomic E-state index is 0.0499.